The van der Waals surface area contributed by atoms with Crippen LogP contribution in [0, 0.1) is 10.7 Å². The van der Waals surface area contributed by atoms with Crippen LogP contribution in [-0.2, 0) is 19.2 Å². The van der Waals surface area contributed by atoms with E-state index < -0.39 is 73.6 Å². The summed E-state index contributed by atoms with van der Waals surface area (Å²) in [6.07, 6.45) is -6.08. The molecule has 0 saturated carbocycles. The van der Waals surface area contributed by atoms with Gasteiger partial charge in [-0.2, -0.15) is 0 Å². The lowest BCUT2D eigenvalue weighted by atomic mass is 9.99. The number of halogens is 3. The quantitative estimate of drug-likeness (QED) is 0.152. The van der Waals surface area contributed by atoms with Gasteiger partial charge in [-0.1, -0.05) is 0 Å². The Morgan fingerprint density at radius 3 is 1.67 bits per heavy atom. The Labute approximate surface area is 264 Å². The minimum absolute atomic E-state index is 0.0226. The lowest BCUT2D eigenvalue weighted by molar-refractivity contribution is -0.139. The van der Waals surface area contributed by atoms with Gasteiger partial charge in [-0.25, -0.2) is 4.90 Å². The van der Waals surface area contributed by atoms with Crippen molar-refractivity contribution in [2.45, 2.75) is 45.1 Å². The molecule has 0 heterocycles. The number of carbonyl (C=O) groups excluding carboxylic acids is 5. The van der Waals surface area contributed by atoms with Gasteiger partial charge in [0.1, 0.15) is 18.3 Å². The largest absolute Gasteiger partial charge is 0.394 e. The fraction of sp³-hybridized carbons (Fsp3) is 0.500. The third-order valence-electron chi connectivity index (χ3n) is 5.65. The second-order valence-electron chi connectivity index (χ2n) is 8.22. The fourth-order valence-corrected chi connectivity index (χ4v) is 8.42. The maximum absolute atomic E-state index is 14.1. The molecule has 4 atom stereocenters. The molecule has 0 unspecified atom stereocenters. The van der Waals surface area contributed by atoms with Crippen molar-refractivity contribution in [3.05, 3.63) is 16.3 Å². The van der Waals surface area contributed by atoms with Crippen molar-refractivity contribution >= 4 is 109 Å². The average Bonchev–Trinajstić information content (AvgIpc) is 2.86. The zero-order chi connectivity index (χ0) is 30.5. The van der Waals surface area contributed by atoms with Crippen LogP contribution in [0.15, 0.2) is 0 Å². The Kier molecular flexibility index (Phi) is 14.0. The van der Waals surface area contributed by atoms with Gasteiger partial charge in [0.05, 0.1) is 53.4 Å². The molecule has 1 aromatic carbocycles. The molecule has 0 spiro atoms. The highest BCUT2D eigenvalue weighted by Gasteiger charge is 2.42. The summed E-state index contributed by atoms with van der Waals surface area (Å²) in [6.45, 7) is 0.666. The summed E-state index contributed by atoms with van der Waals surface area (Å²) in [4.78, 5) is 66.6. The maximum Gasteiger partial charge on any atom is 0.263 e. The Balaban J connectivity index is 4.15. The van der Waals surface area contributed by atoms with E-state index in [0.29, 0.717) is 4.90 Å². The molecule has 5 amide bonds. The van der Waals surface area contributed by atoms with Crippen molar-refractivity contribution in [3.63, 3.8) is 0 Å². The molecule has 39 heavy (non-hydrogen) atoms. The Hall–Kier alpha value is -1.08. The van der Waals surface area contributed by atoms with Gasteiger partial charge in [0.15, 0.2) is 0 Å². The number of hydrogen-bond donors (Lipinski definition) is 6. The van der Waals surface area contributed by atoms with Crippen LogP contribution in [0.3, 0.4) is 0 Å². The predicted molar refractivity (Wildman–Crippen MR) is 164 cm³/mol. The van der Waals surface area contributed by atoms with E-state index in [1.807, 2.05) is 22.6 Å². The zero-order valence-corrected chi connectivity index (χ0v) is 27.7. The number of benzene rings is 1. The summed E-state index contributed by atoms with van der Waals surface area (Å²) in [5, 5.41) is 49.8. The minimum atomic E-state index is -2.12. The number of carbonyl (C=O) groups is 5. The number of aliphatic hydroxyl groups excluding tert-OH is 5. The van der Waals surface area contributed by atoms with Gasteiger partial charge in [0, 0.05) is 27.8 Å². The van der Waals surface area contributed by atoms with Gasteiger partial charge in [0.2, 0.25) is 23.6 Å². The first-order chi connectivity index (χ1) is 18.0. The van der Waals surface area contributed by atoms with Gasteiger partial charge in [0.25, 0.3) is 5.91 Å². The number of anilines is 2. The molecule has 0 aliphatic heterocycles. The van der Waals surface area contributed by atoms with Crippen LogP contribution in [-0.4, -0.2) is 111 Å². The molecule has 14 nitrogen and oxygen atoms in total. The number of nitrogens with zero attached hydrogens (tertiary/aromatic N) is 3. The lowest BCUT2D eigenvalue weighted by Crippen LogP contribution is -2.59. The molecule has 0 aliphatic carbocycles. The fourth-order valence-electron chi connectivity index (χ4n) is 3.58. The van der Waals surface area contributed by atoms with Gasteiger partial charge in [-0.05, 0) is 67.8 Å². The number of hydrogen-bond acceptors (Lipinski definition) is 11. The molecule has 0 aromatic heterocycles. The number of imide groups is 2. The first-order valence-corrected chi connectivity index (χ1v) is 14.3. The second-order valence-corrected chi connectivity index (χ2v) is 11.5. The van der Waals surface area contributed by atoms with E-state index in [-0.39, 0.29) is 27.6 Å². The van der Waals surface area contributed by atoms with Gasteiger partial charge in [-0.15, -0.1) is 0 Å². The minimum Gasteiger partial charge on any atom is -0.394 e. The first-order valence-electron chi connectivity index (χ1n) is 11.1. The van der Waals surface area contributed by atoms with E-state index in [0.717, 1.165) is 18.7 Å². The van der Waals surface area contributed by atoms with E-state index in [2.05, 4.69) is 0 Å². The van der Waals surface area contributed by atoms with Gasteiger partial charge in [-0.3, -0.25) is 28.9 Å². The van der Waals surface area contributed by atoms with E-state index in [1.54, 1.807) is 45.2 Å². The third-order valence-corrected chi connectivity index (χ3v) is 8.77. The summed E-state index contributed by atoms with van der Waals surface area (Å²) in [7, 11) is 1.40. The topological polar surface area (TPSA) is 222 Å². The summed E-state index contributed by atoms with van der Waals surface area (Å²) in [5.41, 5.74) is 5.32. The maximum atomic E-state index is 14.1. The standard InChI is InChI=1S/C22H29I3N4O10/c1-8(32)27(4)18-15(23)14(16(24)19(17(18)25)28(9(2)33)10(3)34)22(39)29(13(36)5-26)11(6-30)20(37)21(38)12(35)7-31/h11-12,20-21,30-31,35,37-38H,5-7,26H2,1-4H3/t11-,12+,20+,21+/m0/s1. The van der Waals surface area contributed by atoms with Crippen molar-refractivity contribution in [1.82, 2.24) is 4.90 Å². The van der Waals surface area contributed by atoms with Crippen molar-refractivity contribution in [2.24, 2.45) is 5.73 Å². The van der Waals surface area contributed by atoms with E-state index >= 15 is 0 Å². The number of amides is 5. The number of nitrogens with two attached hydrogens (primary N) is 1. The summed E-state index contributed by atoms with van der Waals surface area (Å²) in [6, 6.07) is -1.84. The molecule has 0 saturated heterocycles. The van der Waals surface area contributed by atoms with Crippen LogP contribution in [0.25, 0.3) is 0 Å². The Morgan fingerprint density at radius 2 is 1.28 bits per heavy atom. The smallest absolute Gasteiger partial charge is 0.263 e. The SMILES string of the molecule is CC(=O)N(C)c1c(I)c(C(=O)N(C(=O)CN)[C@@H](CO)[C@@H](O)[C@H](O)[C@H](O)CO)c(I)c(N(C(C)=O)C(C)=O)c1I. The van der Waals surface area contributed by atoms with Crippen molar-refractivity contribution in [2.75, 3.05) is 36.6 Å². The van der Waals surface area contributed by atoms with Crippen molar-refractivity contribution in [3.8, 4) is 0 Å². The molecule has 0 aliphatic rings. The Bertz CT molecular complexity index is 1140. The molecule has 0 fully saturated rings. The molecule has 218 valence electrons. The van der Waals surface area contributed by atoms with Crippen LogP contribution in [0.4, 0.5) is 11.4 Å². The number of rotatable bonds is 10. The number of aliphatic hydroxyl groups is 5. The monoisotopic (exact) mass is 890 g/mol. The van der Waals surface area contributed by atoms with E-state index in [4.69, 9.17) is 10.8 Å². The molecule has 1 rings (SSSR count). The molecule has 17 heteroatoms. The van der Waals surface area contributed by atoms with Gasteiger partial charge < -0.3 is 36.2 Å². The van der Waals surface area contributed by atoms with Gasteiger partial charge >= 0.3 is 0 Å². The predicted octanol–water partition coefficient (Wildman–Crippen LogP) is -1.25. The molecule has 0 bridgehead atoms. The summed E-state index contributed by atoms with van der Waals surface area (Å²) < 4.78 is 0.407. The highest BCUT2D eigenvalue weighted by atomic mass is 127. The van der Waals surface area contributed by atoms with Crippen molar-refractivity contribution < 1.29 is 49.5 Å². The normalized spacial score (nSPS) is 14.2. The van der Waals surface area contributed by atoms with Crippen LogP contribution in [0.1, 0.15) is 31.1 Å². The van der Waals surface area contributed by atoms with E-state index in [1.165, 1.54) is 18.9 Å². The van der Waals surface area contributed by atoms with E-state index in [9.17, 15) is 44.4 Å². The van der Waals surface area contributed by atoms with Crippen LogP contribution >= 0.6 is 67.8 Å². The molecule has 1 aromatic rings. The van der Waals surface area contributed by atoms with Crippen molar-refractivity contribution in [1.29, 1.82) is 0 Å². The van der Waals surface area contributed by atoms with Crippen LogP contribution in [0.5, 0.6) is 0 Å². The molecule has 0 radical (unpaired) electrons. The molecular weight excluding hydrogens is 861 g/mol. The molecule has 7 N–H and O–H groups in total. The summed E-state index contributed by atoms with van der Waals surface area (Å²) in [5.74, 6) is -4.10. The highest BCUT2D eigenvalue weighted by molar-refractivity contribution is 14.1. The lowest BCUT2D eigenvalue weighted by Gasteiger charge is -2.36. The Morgan fingerprint density at radius 1 is 0.795 bits per heavy atom. The first kappa shape index (κ1) is 35.9. The highest BCUT2D eigenvalue weighted by Crippen LogP contribution is 2.43. The van der Waals surface area contributed by atoms with Crippen LogP contribution < -0.4 is 15.5 Å². The second kappa shape index (κ2) is 15.2. The zero-order valence-electron chi connectivity index (χ0n) is 21.3. The molecular formula is C22H29I3N4O10. The average molecular weight is 890 g/mol. The van der Waals surface area contributed by atoms with Crippen LogP contribution in [0.2, 0.25) is 0 Å². The summed E-state index contributed by atoms with van der Waals surface area (Å²) >= 11 is 5.28. The third kappa shape index (κ3) is 7.61.